The van der Waals surface area contributed by atoms with Gasteiger partial charge in [-0.25, -0.2) is 0 Å². The zero-order chi connectivity index (χ0) is 13.3. The highest BCUT2D eigenvalue weighted by atomic mass is 16.4. The summed E-state index contributed by atoms with van der Waals surface area (Å²) in [5, 5.41) is 8.97. The number of carboxylic acids is 1. The van der Waals surface area contributed by atoms with Gasteiger partial charge in [-0.05, 0) is 32.9 Å². The molecule has 1 aromatic heterocycles. The number of oxazole rings is 1. The highest BCUT2D eigenvalue weighted by Crippen LogP contribution is 2.26. The number of carboxylic acid groups (broad SMARTS) is 1. The van der Waals surface area contributed by atoms with Gasteiger partial charge in [-0.15, -0.1) is 0 Å². The number of aliphatic carboxylic acids is 1. The Morgan fingerprint density at radius 3 is 2.61 bits per heavy atom. The summed E-state index contributed by atoms with van der Waals surface area (Å²) in [6.45, 7) is 5.62. The Morgan fingerprint density at radius 1 is 1.39 bits per heavy atom. The van der Waals surface area contributed by atoms with Gasteiger partial charge in [-0.1, -0.05) is 12.1 Å². The summed E-state index contributed by atoms with van der Waals surface area (Å²) >= 11 is 0. The number of hydrogen-bond donors (Lipinski definition) is 1. The Bertz CT molecular complexity index is 536. The maximum absolute atomic E-state index is 10.9. The molecule has 0 spiro atoms. The Balaban J connectivity index is 2.44. The van der Waals surface area contributed by atoms with Gasteiger partial charge in [-0.2, -0.15) is 4.98 Å². The minimum absolute atomic E-state index is 0.143. The Kier molecular flexibility index (Phi) is 2.98. The smallest absolute Gasteiger partial charge is 0.323 e. The SMILES string of the molecule is CC(C)(C)N(CC(=O)O)c1nc2ccccc2o1. The van der Waals surface area contributed by atoms with E-state index in [2.05, 4.69) is 4.98 Å². The molecule has 2 aromatic rings. The first-order chi connectivity index (χ1) is 8.38. The van der Waals surface area contributed by atoms with Crippen LogP contribution in [0.1, 0.15) is 20.8 Å². The number of rotatable bonds is 3. The molecule has 96 valence electrons. The zero-order valence-electron chi connectivity index (χ0n) is 10.7. The summed E-state index contributed by atoms with van der Waals surface area (Å²) in [7, 11) is 0. The number of nitrogens with zero attached hydrogens (tertiary/aromatic N) is 2. The average Bonchev–Trinajstić information content (AvgIpc) is 2.67. The lowest BCUT2D eigenvalue weighted by Crippen LogP contribution is -2.44. The molecule has 1 N–H and O–H groups in total. The van der Waals surface area contributed by atoms with Gasteiger partial charge < -0.3 is 14.4 Å². The van der Waals surface area contributed by atoms with Crippen molar-refractivity contribution in [3.63, 3.8) is 0 Å². The highest BCUT2D eigenvalue weighted by molar-refractivity contribution is 5.77. The number of carbonyl (C=O) groups is 1. The van der Waals surface area contributed by atoms with Crippen LogP contribution >= 0.6 is 0 Å². The van der Waals surface area contributed by atoms with Crippen molar-refractivity contribution in [3.8, 4) is 0 Å². The van der Waals surface area contributed by atoms with Crippen molar-refractivity contribution in [1.29, 1.82) is 0 Å². The molecule has 5 heteroatoms. The third kappa shape index (κ3) is 2.45. The van der Waals surface area contributed by atoms with Crippen molar-refractivity contribution in [1.82, 2.24) is 4.98 Å². The lowest BCUT2D eigenvalue weighted by molar-refractivity contribution is -0.135. The second-order valence-electron chi connectivity index (χ2n) is 5.11. The second-order valence-corrected chi connectivity index (χ2v) is 5.11. The van der Waals surface area contributed by atoms with Crippen LogP contribution in [0.15, 0.2) is 28.7 Å². The molecule has 0 aliphatic carbocycles. The summed E-state index contributed by atoms with van der Waals surface area (Å²) in [6, 6.07) is 7.71. The predicted octanol–water partition coefficient (Wildman–Crippen LogP) is 2.52. The molecule has 5 nitrogen and oxygen atoms in total. The molecule has 0 saturated carbocycles. The number of hydrogen-bond acceptors (Lipinski definition) is 4. The van der Waals surface area contributed by atoms with Crippen LogP contribution in [0.2, 0.25) is 0 Å². The summed E-state index contributed by atoms with van der Waals surface area (Å²) < 4.78 is 5.61. The summed E-state index contributed by atoms with van der Waals surface area (Å²) in [4.78, 5) is 16.9. The van der Waals surface area contributed by atoms with Crippen LogP contribution in [0.25, 0.3) is 11.1 Å². The number of para-hydroxylation sites is 2. The maximum Gasteiger partial charge on any atom is 0.323 e. The predicted molar refractivity (Wildman–Crippen MR) is 68.7 cm³/mol. The van der Waals surface area contributed by atoms with Crippen molar-refractivity contribution < 1.29 is 14.3 Å². The number of benzene rings is 1. The van der Waals surface area contributed by atoms with Gasteiger partial charge in [0.15, 0.2) is 5.58 Å². The molecule has 1 aromatic carbocycles. The first-order valence-electron chi connectivity index (χ1n) is 5.73. The summed E-state index contributed by atoms with van der Waals surface area (Å²) in [5.41, 5.74) is 1.01. The van der Waals surface area contributed by atoms with Crippen LogP contribution in [-0.4, -0.2) is 28.1 Å². The van der Waals surface area contributed by atoms with E-state index in [1.54, 1.807) is 4.90 Å². The quantitative estimate of drug-likeness (QED) is 0.904. The molecule has 0 aliphatic rings. The molecule has 0 aliphatic heterocycles. The monoisotopic (exact) mass is 248 g/mol. The van der Waals surface area contributed by atoms with Crippen LogP contribution in [0, 0.1) is 0 Å². The number of aromatic nitrogens is 1. The maximum atomic E-state index is 10.9. The van der Waals surface area contributed by atoms with Gasteiger partial charge in [0.2, 0.25) is 0 Å². The molecule has 0 amide bonds. The molecule has 0 saturated heterocycles. The molecule has 0 fully saturated rings. The molecule has 0 unspecified atom stereocenters. The van der Waals surface area contributed by atoms with Crippen molar-refractivity contribution in [2.24, 2.45) is 0 Å². The van der Waals surface area contributed by atoms with Gasteiger partial charge in [0.1, 0.15) is 12.1 Å². The topological polar surface area (TPSA) is 66.6 Å². The summed E-state index contributed by atoms with van der Waals surface area (Å²) in [6.07, 6.45) is 0. The van der Waals surface area contributed by atoms with Crippen LogP contribution < -0.4 is 4.90 Å². The lowest BCUT2D eigenvalue weighted by atomic mass is 10.1. The normalized spacial score (nSPS) is 11.7. The van der Waals surface area contributed by atoms with Crippen molar-refractivity contribution in [2.75, 3.05) is 11.4 Å². The van der Waals surface area contributed by atoms with Gasteiger partial charge in [0.05, 0.1) is 0 Å². The average molecular weight is 248 g/mol. The minimum Gasteiger partial charge on any atom is -0.480 e. The van der Waals surface area contributed by atoms with Crippen LogP contribution in [-0.2, 0) is 4.79 Å². The summed E-state index contributed by atoms with van der Waals surface area (Å²) in [5.74, 6) is -0.910. The first kappa shape index (κ1) is 12.4. The Labute approximate surface area is 105 Å². The van der Waals surface area contributed by atoms with E-state index >= 15 is 0 Å². The number of fused-ring (bicyclic) bond motifs is 1. The van der Waals surface area contributed by atoms with E-state index in [0.717, 1.165) is 5.52 Å². The number of anilines is 1. The van der Waals surface area contributed by atoms with E-state index in [1.165, 1.54) is 0 Å². The fourth-order valence-electron chi connectivity index (χ4n) is 1.70. The van der Waals surface area contributed by atoms with E-state index < -0.39 is 5.97 Å². The van der Waals surface area contributed by atoms with E-state index in [1.807, 2.05) is 45.0 Å². The Hall–Kier alpha value is -2.04. The van der Waals surface area contributed by atoms with E-state index in [4.69, 9.17) is 9.52 Å². The van der Waals surface area contributed by atoms with Crippen LogP contribution in [0.5, 0.6) is 0 Å². The van der Waals surface area contributed by atoms with Crippen molar-refractivity contribution >= 4 is 23.1 Å². The first-order valence-corrected chi connectivity index (χ1v) is 5.73. The van der Waals surface area contributed by atoms with Gasteiger partial charge in [0.25, 0.3) is 6.01 Å². The van der Waals surface area contributed by atoms with Gasteiger partial charge in [-0.3, -0.25) is 4.79 Å². The van der Waals surface area contributed by atoms with E-state index in [0.29, 0.717) is 11.6 Å². The molecular weight excluding hydrogens is 232 g/mol. The van der Waals surface area contributed by atoms with Crippen molar-refractivity contribution in [2.45, 2.75) is 26.3 Å². The molecule has 1 heterocycles. The van der Waals surface area contributed by atoms with E-state index in [9.17, 15) is 4.79 Å². The standard InChI is InChI=1S/C13H16N2O3/c1-13(2,3)15(8-11(16)17)12-14-9-6-4-5-7-10(9)18-12/h4-7H,8H2,1-3H3,(H,16,17). The third-order valence-corrected chi connectivity index (χ3v) is 2.62. The fraction of sp³-hybridized carbons (Fsp3) is 0.385. The minimum atomic E-state index is -0.910. The third-order valence-electron chi connectivity index (χ3n) is 2.62. The fourth-order valence-corrected chi connectivity index (χ4v) is 1.70. The zero-order valence-corrected chi connectivity index (χ0v) is 10.7. The molecule has 0 radical (unpaired) electrons. The molecule has 18 heavy (non-hydrogen) atoms. The van der Waals surface area contributed by atoms with Gasteiger partial charge in [0, 0.05) is 5.54 Å². The van der Waals surface area contributed by atoms with Crippen LogP contribution in [0.3, 0.4) is 0 Å². The molecular formula is C13H16N2O3. The molecule has 0 bridgehead atoms. The van der Waals surface area contributed by atoms with Crippen molar-refractivity contribution in [3.05, 3.63) is 24.3 Å². The van der Waals surface area contributed by atoms with Gasteiger partial charge >= 0.3 is 5.97 Å². The molecule has 0 atom stereocenters. The highest BCUT2D eigenvalue weighted by Gasteiger charge is 2.27. The van der Waals surface area contributed by atoms with E-state index in [-0.39, 0.29) is 12.1 Å². The van der Waals surface area contributed by atoms with Crippen LogP contribution in [0.4, 0.5) is 6.01 Å². The second kappa shape index (κ2) is 4.33. The lowest BCUT2D eigenvalue weighted by Gasteiger charge is -2.32. The Morgan fingerprint density at radius 2 is 2.06 bits per heavy atom. The molecule has 2 rings (SSSR count). The largest absolute Gasteiger partial charge is 0.480 e.